The molecular formula is C21H24O5S. The van der Waals surface area contributed by atoms with Crippen LogP contribution in [0.3, 0.4) is 0 Å². The third-order valence-electron chi connectivity index (χ3n) is 4.28. The van der Waals surface area contributed by atoms with Crippen molar-refractivity contribution >= 4 is 28.4 Å². The van der Waals surface area contributed by atoms with Crippen LogP contribution in [0.1, 0.15) is 53.0 Å². The minimum Gasteiger partial charge on any atom is -0.496 e. The number of hydrogen-bond acceptors (Lipinski definition) is 6. The third-order valence-corrected chi connectivity index (χ3v) is 5.49. The van der Waals surface area contributed by atoms with Crippen molar-refractivity contribution in [3.8, 4) is 11.5 Å². The van der Waals surface area contributed by atoms with Crippen LogP contribution in [-0.4, -0.2) is 36.7 Å². The van der Waals surface area contributed by atoms with Crippen LogP contribution >= 0.6 is 11.8 Å². The second kappa shape index (κ2) is 9.55. The number of thioether (sulfide) groups is 1. The number of hydrogen-bond donors (Lipinski definition) is 0. The quantitative estimate of drug-likeness (QED) is 0.622. The van der Waals surface area contributed by atoms with Gasteiger partial charge in [0, 0.05) is 12.2 Å². The monoisotopic (exact) mass is 388 g/mol. The molecule has 27 heavy (non-hydrogen) atoms. The topological polar surface area (TPSA) is 69.7 Å². The molecule has 0 fully saturated rings. The number of carbonyl (C=O) groups is 3. The lowest BCUT2D eigenvalue weighted by Gasteiger charge is -2.19. The minimum absolute atomic E-state index is 0.181. The Morgan fingerprint density at radius 3 is 2.37 bits per heavy atom. The molecule has 1 aliphatic carbocycles. The largest absolute Gasteiger partial charge is 0.496 e. The summed E-state index contributed by atoms with van der Waals surface area (Å²) in [4.78, 5) is 36.0. The van der Waals surface area contributed by atoms with Gasteiger partial charge >= 0.3 is 0 Å². The van der Waals surface area contributed by atoms with Crippen LogP contribution < -0.4 is 9.47 Å². The van der Waals surface area contributed by atoms with Crippen molar-refractivity contribution in [3.05, 3.63) is 46.6 Å². The third kappa shape index (κ3) is 4.89. The molecule has 0 aliphatic heterocycles. The summed E-state index contributed by atoms with van der Waals surface area (Å²) < 4.78 is 10.8. The molecule has 0 atom stereocenters. The van der Waals surface area contributed by atoms with E-state index in [9.17, 15) is 14.4 Å². The van der Waals surface area contributed by atoms with Gasteiger partial charge in [-0.05, 0) is 43.5 Å². The number of ketones is 2. The Bertz CT molecular complexity index is 820. The van der Waals surface area contributed by atoms with E-state index in [1.807, 2.05) is 13.8 Å². The van der Waals surface area contributed by atoms with Crippen LogP contribution in [0, 0.1) is 0 Å². The van der Waals surface area contributed by atoms with Crippen LogP contribution in [0.5, 0.6) is 11.5 Å². The normalized spacial score (nSPS) is 13.6. The van der Waals surface area contributed by atoms with E-state index in [1.165, 1.54) is 38.1 Å². The first kappa shape index (κ1) is 21.0. The summed E-state index contributed by atoms with van der Waals surface area (Å²) in [6.45, 7) is 3.85. The molecule has 1 aliphatic rings. The second-order valence-electron chi connectivity index (χ2n) is 6.19. The molecule has 0 heterocycles. The zero-order valence-electron chi connectivity index (χ0n) is 16.1. The van der Waals surface area contributed by atoms with E-state index in [1.54, 1.807) is 6.07 Å². The van der Waals surface area contributed by atoms with Gasteiger partial charge in [0.2, 0.25) is 0 Å². The van der Waals surface area contributed by atoms with Gasteiger partial charge in [-0.3, -0.25) is 14.4 Å². The highest BCUT2D eigenvalue weighted by Crippen LogP contribution is 2.38. The Morgan fingerprint density at radius 2 is 1.78 bits per heavy atom. The second-order valence-corrected chi connectivity index (χ2v) is 7.22. The zero-order chi connectivity index (χ0) is 20.0. The smallest absolute Gasteiger partial charge is 0.190 e. The molecule has 0 bridgehead atoms. The predicted molar refractivity (Wildman–Crippen MR) is 107 cm³/mol. The lowest BCUT2D eigenvalue weighted by atomic mass is 9.89. The predicted octanol–water partition coefficient (Wildman–Crippen LogP) is 4.19. The summed E-state index contributed by atoms with van der Waals surface area (Å²) in [5.41, 5.74) is 2.46. The standard InChI is InChI=1S/C21H24O5S/c1-5-18(24)27-12-13(2)7-6-8-14-11-17(25-3)19-15(22)9-10-16(23)20(19)21(14)26-4/h7,9-11H,5-6,8,12H2,1-4H3. The van der Waals surface area contributed by atoms with Crippen LogP contribution in [-0.2, 0) is 11.2 Å². The molecule has 0 amide bonds. The highest BCUT2D eigenvalue weighted by Gasteiger charge is 2.29. The Kier molecular flexibility index (Phi) is 7.42. The first-order chi connectivity index (χ1) is 12.9. The molecule has 2 rings (SSSR count). The Morgan fingerprint density at radius 1 is 1.11 bits per heavy atom. The van der Waals surface area contributed by atoms with Crippen LogP contribution in [0.4, 0.5) is 0 Å². The molecule has 144 valence electrons. The maximum Gasteiger partial charge on any atom is 0.190 e. The summed E-state index contributed by atoms with van der Waals surface area (Å²) in [5.74, 6) is 0.959. The van der Waals surface area contributed by atoms with Gasteiger partial charge in [-0.15, -0.1) is 0 Å². The zero-order valence-corrected chi connectivity index (χ0v) is 16.9. The first-order valence-electron chi connectivity index (χ1n) is 8.78. The first-order valence-corrected chi connectivity index (χ1v) is 9.77. The number of methoxy groups -OCH3 is 2. The van der Waals surface area contributed by atoms with Gasteiger partial charge in [-0.25, -0.2) is 0 Å². The summed E-state index contributed by atoms with van der Waals surface area (Å²) in [5, 5.41) is 0.181. The summed E-state index contributed by atoms with van der Waals surface area (Å²) >= 11 is 1.32. The molecule has 1 aromatic carbocycles. The van der Waals surface area contributed by atoms with E-state index >= 15 is 0 Å². The van der Waals surface area contributed by atoms with Gasteiger partial charge in [0.15, 0.2) is 16.7 Å². The molecule has 6 heteroatoms. The van der Waals surface area contributed by atoms with Gasteiger partial charge in [-0.1, -0.05) is 30.3 Å². The van der Waals surface area contributed by atoms with Gasteiger partial charge in [0.25, 0.3) is 0 Å². The number of aryl methyl sites for hydroxylation is 1. The van der Waals surface area contributed by atoms with Crippen LogP contribution in [0.2, 0.25) is 0 Å². The molecule has 0 N–H and O–H groups in total. The number of ether oxygens (including phenoxy) is 2. The van der Waals surface area contributed by atoms with E-state index in [2.05, 4.69) is 6.08 Å². The Labute approximate surface area is 163 Å². The molecule has 0 radical (unpaired) electrons. The lowest BCUT2D eigenvalue weighted by molar-refractivity contribution is -0.110. The van der Waals surface area contributed by atoms with E-state index in [0.29, 0.717) is 30.1 Å². The number of allylic oxidation sites excluding steroid dienone is 3. The lowest BCUT2D eigenvalue weighted by Crippen LogP contribution is -2.16. The molecule has 0 saturated heterocycles. The van der Waals surface area contributed by atoms with Crippen molar-refractivity contribution in [2.45, 2.75) is 33.1 Å². The molecule has 0 unspecified atom stereocenters. The van der Waals surface area contributed by atoms with Gasteiger partial charge in [-0.2, -0.15) is 0 Å². The van der Waals surface area contributed by atoms with Crippen molar-refractivity contribution in [1.29, 1.82) is 0 Å². The van der Waals surface area contributed by atoms with Crippen molar-refractivity contribution in [1.82, 2.24) is 0 Å². The van der Waals surface area contributed by atoms with E-state index in [-0.39, 0.29) is 27.8 Å². The van der Waals surface area contributed by atoms with E-state index < -0.39 is 0 Å². The maximum atomic E-state index is 12.4. The Balaban J connectivity index is 2.25. The minimum atomic E-state index is -0.264. The number of carbonyl (C=O) groups excluding carboxylic acids is 3. The van der Waals surface area contributed by atoms with Crippen LogP contribution in [0.15, 0.2) is 29.9 Å². The Hall–Kier alpha value is -2.34. The van der Waals surface area contributed by atoms with Gasteiger partial charge in [0.1, 0.15) is 11.5 Å². The van der Waals surface area contributed by atoms with Crippen molar-refractivity contribution in [2.24, 2.45) is 0 Å². The average molecular weight is 388 g/mol. The fourth-order valence-corrected chi connectivity index (χ4v) is 3.61. The molecule has 1 aromatic rings. The highest BCUT2D eigenvalue weighted by atomic mass is 32.2. The molecule has 0 spiro atoms. The summed E-state index contributed by atoms with van der Waals surface area (Å²) in [7, 11) is 2.98. The number of fused-ring (bicyclic) bond motifs is 1. The number of rotatable bonds is 8. The molecular weight excluding hydrogens is 364 g/mol. The fourth-order valence-electron chi connectivity index (χ4n) is 2.90. The number of benzene rings is 1. The average Bonchev–Trinajstić information content (AvgIpc) is 2.67. The SMILES string of the molecule is CCC(=O)SCC(C)=CCCc1cc(OC)c2c(c1OC)C(=O)C=CC2=O. The van der Waals surface area contributed by atoms with Gasteiger partial charge < -0.3 is 9.47 Å². The fraction of sp³-hybridized carbons (Fsp3) is 0.381. The van der Waals surface area contributed by atoms with Crippen molar-refractivity contribution in [2.75, 3.05) is 20.0 Å². The highest BCUT2D eigenvalue weighted by molar-refractivity contribution is 8.13. The molecule has 0 aromatic heterocycles. The van der Waals surface area contributed by atoms with Crippen molar-refractivity contribution in [3.63, 3.8) is 0 Å². The summed E-state index contributed by atoms with van der Waals surface area (Å²) in [6, 6.07) is 1.76. The van der Waals surface area contributed by atoms with Crippen molar-refractivity contribution < 1.29 is 23.9 Å². The van der Waals surface area contributed by atoms with Crippen LogP contribution in [0.25, 0.3) is 0 Å². The summed E-state index contributed by atoms with van der Waals surface area (Å²) in [6.07, 6.45) is 6.49. The van der Waals surface area contributed by atoms with Gasteiger partial charge in [0.05, 0.1) is 25.3 Å². The molecule has 0 saturated carbocycles. The van der Waals surface area contributed by atoms with E-state index in [4.69, 9.17) is 9.47 Å². The maximum absolute atomic E-state index is 12.4. The van der Waals surface area contributed by atoms with E-state index in [0.717, 1.165) is 17.6 Å². The molecule has 5 nitrogen and oxygen atoms in total.